The van der Waals surface area contributed by atoms with E-state index in [4.69, 9.17) is 16.0 Å². The summed E-state index contributed by atoms with van der Waals surface area (Å²) in [5.74, 6) is -1.26. The lowest BCUT2D eigenvalue weighted by molar-refractivity contribution is 0.0960. The van der Waals surface area contributed by atoms with Crippen molar-refractivity contribution < 1.29 is 22.4 Å². The highest BCUT2D eigenvalue weighted by molar-refractivity contribution is 7.90. The molecule has 1 aromatic heterocycles. The molecule has 0 aliphatic rings. The Labute approximate surface area is 172 Å². The zero-order valence-electron chi connectivity index (χ0n) is 15.3. The number of anilines is 1. The molecule has 0 radical (unpaired) electrons. The molecule has 9 heteroatoms. The molecule has 2 N–H and O–H groups in total. The van der Waals surface area contributed by atoms with Crippen LogP contribution < -0.4 is 10.6 Å². The first-order valence-electron chi connectivity index (χ1n) is 8.49. The molecule has 0 saturated carbocycles. The molecule has 0 atom stereocenters. The van der Waals surface area contributed by atoms with Gasteiger partial charge in [0.15, 0.2) is 15.6 Å². The van der Waals surface area contributed by atoms with Crippen LogP contribution in [0.1, 0.15) is 26.7 Å². The molecule has 0 spiro atoms. The van der Waals surface area contributed by atoms with Crippen molar-refractivity contribution in [1.82, 2.24) is 5.32 Å². The van der Waals surface area contributed by atoms with Gasteiger partial charge in [0.2, 0.25) is 0 Å². The van der Waals surface area contributed by atoms with Crippen LogP contribution in [-0.4, -0.2) is 27.3 Å². The summed E-state index contributed by atoms with van der Waals surface area (Å²) < 4.78 is 30.2. The van der Waals surface area contributed by atoms with Crippen molar-refractivity contribution >= 4 is 38.9 Å². The second-order valence-electron chi connectivity index (χ2n) is 6.07. The molecule has 0 aliphatic carbocycles. The standard InChI is InChI=1S/C20H17ClN2O5S/c1-22-19(24)16-11-13(7-9-17(16)21)23-20(25)18-10-8-14(28-18)12-29(26,27)15-5-3-2-4-6-15/h2-11H,12H2,1H3,(H,22,24)(H,23,25). The molecular weight excluding hydrogens is 416 g/mol. The fraction of sp³-hybridized carbons (Fsp3) is 0.100. The van der Waals surface area contributed by atoms with Gasteiger partial charge in [-0.1, -0.05) is 29.8 Å². The van der Waals surface area contributed by atoms with Gasteiger partial charge in [-0.3, -0.25) is 9.59 Å². The van der Waals surface area contributed by atoms with Crippen LogP contribution in [0.2, 0.25) is 5.02 Å². The van der Waals surface area contributed by atoms with Gasteiger partial charge < -0.3 is 15.1 Å². The summed E-state index contributed by atoms with van der Waals surface area (Å²) in [7, 11) is -2.12. The second-order valence-corrected chi connectivity index (χ2v) is 8.46. The third-order valence-corrected chi connectivity index (χ3v) is 6.00. The Kier molecular flexibility index (Phi) is 6.05. The molecular formula is C20H17ClN2O5S. The van der Waals surface area contributed by atoms with E-state index >= 15 is 0 Å². The first kappa shape index (κ1) is 20.6. The minimum absolute atomic E-state index is 0.0558. The number of furan rings is 1. The fourth-order valence-corrected chi connectivity index (χ4v) is 4.05. The number of hydrogen-bond donors (Lipinski definition) is 2. The Morgan fingerprint density at radius 3 is 2.41 bits per heavy atom. The maximum Gasteiger partial charge on any atom is 0.291 e. The molecule has 3 rings (SSSR count). The smallest absolute Gasteiger partial charge is 0.291 e. The first-order chi connectivity index (χ1) is 13.8. The van der Waals surface area contributed by atoms with Crippen LogP contribution in [0.3, 0.4) is 0 Å². The SMILES string of the molecule is CNC(=O)c1cc(NC(=O)c2ccc(CS(=O)(=O)c3ccccc3)o2)ccc1Cl. The topological polar surface area (TPSA) is 105 Å². The zero-order chi connectivity index (χ0) is 21.0. The number of carbonyl (C=O) groups excluding carboxylic acids is 2. The quantitative estimate of drug-likeness (QED) is 0.620. The fourth-order valence-electron chi connectivity index (χ4n) is 2.58. The van der Waals surface area contributed by atoms with Gasteiger partial charge in [0, 0.05) is 12.7 Å². The van der Waals surface area contributed by atoms with E-state index in [1.807, 2.05) is 0 Å². The van der Waals surface area contributed by atoms with Crippen molar-refractivity contribution in [2.45, 2.75) is 10.6 Å². The maximum atomic E-state index is 12.4. The van der Waals surface area contributed by atoms with Gasteiger partial charge in [0.1, 0.15) is 11.5 Å². The Balaban J connectivity index is 1.74. The summed E-state index contributed by atoms with van der Waals surface area (Å²) in [5, 5.41) is 5.30. The lowest BCUT2D eigenvalue weighted by Gasteiger charge is -2.07. The van der Waals surface area contributed by atoms with Gasteiger partial charge in [-0.2, -0.15) is 0 Å². The number of sulfone groups is 1. The Morgan fingerprint density at radius 2 is 1.72 bits per heavy atom. The van der Waals surface area contributed by atoms with Gasteiger partial charge in [-0.15, -0.1) is 0 Å². The van der Waals surface area contributed by atoms with Gasteiger partial charge in [0.25, 0.3) is 11.8 Å². The van der Waals surface area contributed by atoms with Crippen molar-refractivity contribution in [1.29, 1.82) is 0 Å². The third kappa shape index (κ3) is 4.85. The Bertz CT molecular complexity index is 1160. The first-order valence-corrected chi connectivity index (χ1v) is 10.5. The van der Waals surface area contributed by atoms with E-state index in [1.54, 1.807) is 18.2 Å². The van der Waals surface area contributed by atoms with E-state index in [0.29, 0.717) is 5.69 Å². The summed E-state index contributed by atoms with van der Waals surface area (Å²) in [6.07, 6.45) is 0. The predicted molar refractivity (Wildman–Crippen MR) is 109 cm³/mol. The van der Waals surface area contributed by atoms with Crippen molar-refractivity contribution in [2.24, 2.45) is 0 Å². The number of benzene rings is 2. The molecule has 1 heterocycles. The summed E-state index contributed by atoms with van der Waals surface area (Å²) in [6.45, 7) is 0. The minimum Gasteiger partial charge on any atom is -0.455 e. The number of halogens is 1. The van der Waals surface area contributed by atoms with Crippen molar-refractivity contribution in [3.63, 3.8) is 0 Å². The molecule has 0 unspecified atom stereocenters. The maximum absolute atomic E-state index is 12.4. The third-order valence-electron chi connectivity index (χ3n) is 4.02. The van der Waals surface area contributed by atoms with Crippen molar-refractivity contribution in [3.05, 3.63) is 82.8 Å². The van der Waals surface area contributed by atoms with Gasteiger partial charge >= 0.3 is 0 Å². The highest BCUT2D eigenvalue weighted by atomic mass is 35.5. The number of amides is 2. The van der Waals surface area contributed by atoms with Gasteiger partial charge in [-0.05, 0) is 42.5 Å². The molecule has 150 valence electrons. The van der Waals surface area contributed by atoms with Crippen LogP contribution in [0.25, 0.3) is 0 Å². The average Bonchev–Trinajstić information content (AvgIpc) is 3.17. The monoisotopic (exact) mass is 432 g/mol. The molecule has 29 heavy (non-hydrogen) atoms. The highest BCUT2D eigenvalue weighted by Crippen LogP contribution is 2.22. The van der Waals surface area contributed by atoms with E-state index in [1.165, 1.54) is 49.5 Å². The number of rotatable bonds is 6. The lowest BCUT2D eigenvalue weighted by Crippen LogP contribution is -2.19. The van der Waals surface area contributed by atoms with Crippen molar-refractivity contribution in [3.8, 4) is 0 Å². The average molecular weight is 433 g/mol. The van der Waals surface area contributed by atoms with E-state index in [9.17, 15) is 18.0 Å². The minimum atomic E-state index is -3.59. The largest absolute Gasteiger partial charge is 0.455 e. The second kappa shape index (κ2) is 8.50. The predicted octanol–water partition coefficient (Wildman–Crippen LogP) is 3.52. The molecule has 2 amide bonds. The molecule has 0 bridgehead atoms. The summed E-state index contributed by atoms with van der Waals surface area (Å²) in [5.41, 5.74) is 0.550. The number of hydrogen-bond acceptors (Lipinski definition) is 5. The van der Waals surface area contributed by atoms with Crippen LogP contribution >= 0.6 is 11.6 Å². The van der Waals surface area contributed by atoms with Crippen LogP contribution in [0, 0.1) is 0 Å². The Hall–Kier alpha value is -3.10. The van der Waals surface area contributed by atoms with E-state index in [0.717, 1.165) is 0 Å². The van der Waals surface area contributed by atoms with E-state index in [-0.39, 0.29) is 32.8 Å². The van der Waals surface area contributed by atoms with Crippen LogP contribution in [-0.2, 0) is 15.6 Å². The van der Waals surface area contributed by atoms with E-state index < -0.39 is 21.7 Å². The molecule has 0 saturated heterocycles. The zero-order valence-corrected chi connectivity index (χ0v) is 16.9. The summed E-state index contributed by atoms with van der Waals surface area (Å²) in [4.78, 5) is 24.4. The normalized spacial score (nSPS) is 11.1. The van der Waals surface area contributed by atoms with Gasteiger partial charge in [0.05, 0.1) is 15.5 Å². The Morgan fingerprint density at radius 1 is 1.00 bits per heavy atom. The van der Waals surface area contributed by atoms with Crippen LogP contribution in [0.5, 0.6) is 0 Å². The molecule has 2 aromatic carbocycles. The van der Waals surface area contributed by atoms with E-state index in [2.05, 4.69) is 10.6 Å². The highest BCUT2D eigenvalue weighted by Gasteiger charge is 2.19. The molecule has 0 aliphatic heterocycles. The van der Waals surface area contributed by atoms with Gasteiger partial charge in [-0.25, -0.2) is 8.42 Å². The molecule has 7 nitrogen and oxygen atoms in total. The van der Waals surface area contributed by atoms with Crippen LogP contribution in [0.4, 0.5) is 5.69 Å². The van der Waals surface area contributed by atoms with Crippen molar-refractivity contribution in [2.75, 3.05) is 12.4 Å². The lowest BCUT2D eigenvalue weighted by atomic mass is 10.2. The molecule has 3 aromatic rings. The van der Waals surface area contributed by atoms with Crippen LogP contribution in [0.15, 0.2) is 70.0 Å². The summed E-state index contributed by atoms with van der Waals surface area (Å²) in [6, 6.07) is 15.3. The summed E-state index contributed by atoms with van der Waals surface area (Å²) >= 11 is 5.99. The number of nitrogens with one attached hydrogen (secondary N) is 2. The number of carbonyl (C=O) groups is 2. The molecule has 0 fully saturated rings.